The Bertz CT molecular complexity index is 1020. The molecular weight excluding hydrogens is 299 g/mol. The number of rotatable bonds is 1. The van der Waals surface area contributed by atoms with E-state index < -0.39 is 0 Å². The summed E-state index contributed by atoms with van der Waals surface area (Å²) in [5.74, 6) is -0.223. The molecule has 116 valence electrons. The smallest absolute Gasteiger partial charge is 0.131 e. The van der Waals surface area contributed by atoms with Crippen molar-refractivity contribution in [1.29, 1.82) is 0 Å². The van der Waals surface area contributed by atoms with E-state index in [1.54, 1.807) is 6.07 Å². The van der Waals surface area contributed by atoms with E-state index in [2.05, 4.69) is 29.0 Å². The van der Waals surface area contributed by atoms with Crippen LogP contribution in [0.4, 0.5) is 10.1 Å². The Morgan fingerprint density at radius 2 is 1.83 bits per heavy atom. The molecule has 24 heavy (non-hydrogen) atoms. The lowest BCUT2D eigenvalue weighted by atomic mass is 9.98. The van der Waals surface area contributed by atoms with Crippen molar-refractivity contribution >= 4 is 17.5 Å². The highest BCUT2D eigenvalue weighted by Gasteiger charge is 2.22. The van der Waals surface area contributed by atoms with Gasteiger partial charge >= 0.3 is 0 Å². The van der Waals surface area contributed by atoms with Crippen molar-refractivity contribution in [2.45, 2.75) is 12.8 Å². The molecule has 1 aromatic heterocycles. The molecule has 0 saturated heterocycles. The van der Waals surface area contributed by atoms with Crippen molar-refractivity contribution in [2.75, 3.05) is 0 Å². The van der Waals surface area contributed by atoms with Crippen molar-refractivity contribution in [2.24, 2.45) is 4.99 Å². The molecule has 3 heteroatoms. The number of halogens is 1. The SMILES string of the molecule is Fc1ccccc1-c1cccc2c1N=CC1=CCCc3ccn-2c31. The van der Waals surface area contributed by atoms with Gasteiger partial charge in [-0.2, -0.15) is 0 Å². The number of allylic oxidation sites excluding steroid dienone is 2. The molecule has 2 aromatic carbocycles. The normalized spacial score (nSPS) is 14.6. The van der Waals surface area contributed by atoms with Gasteiger partial charge in [0.1, 0.15) is 5.82 Å². The number of para-hydroxylation sites is 1. The molecule has 0 saturated carbocycles. The van der Waals surface area contributed by atoms with Gasteiger partial charge in [0.05, 0.1) is 17.1 Å². The fourth-order valence-corrected chi connectivity index (χ4v) is 3.69. The van der Waals surface area contributed by atoms with Crippen LogP contribution in [0.15, 0.2) is 65.8 Å². The van der Waals surface area contributed by atoms with Gasteiger partial charge in [-0.1, -0.05) is 36.4 Å². The van der Waals surface area contributed by atoms with Crippen molar-refractivity contribution in [3.05, 3.63) is 77.9 Å². The van der Waals surface area contributed by atoms with E-state index in [9.17, 15) is 4.39 Å². The average molecular weight is 314 g/mol. The highest BCUT2D eigenvalue weighted by atomic mass is 19.1. The quantitative estimate of drug-likeness (QED) is 0.578. The molecule has 0 unspecified atom stereocenters. The maximum atomic E-state index is 14.3. The van der Waals surface area contributed by atoms with Gasteiger partial charge in [-0.3, -0.25) is 4.99 Å². The third-order valence-corrected chi connectivity index (χ3v) is 4.79. The van der Waals surface area contributed by atoms with Crippen LogP contribution in [0.25, 0.3) is 22.4 Å². The molecule has 0 spiro atoms. The summed E-state index contributed by atoms with van der Waals surface area (Å²) in [6, 6.07) is 15.0. The summed E-state index contributed by atoms with van der Waals surface area (Å²) in [4.78, 5) is 4.74. The number of hydrogen-bond acceptors (Lipinski definition) is 1. The largest absolute Gasteiger partial charge is 0.314 e. The lowest BCUT2D eigenvalue weighted by Gasteiger charge is -2.15. The zero-order valence-corrected chi connectivity index (χ0v) is 13.0. The zero-order valence-electron chi connectivity index (χ0n) is 13.0. The third-order valence-electron chi connectivity index (χ3n) is 4.79. The Morgan fingerprint density at radius 1 is 0.958 bits per heavy atom. The van der Waals surface area contributed by atoms with Crippen LogP contribution in [0.5, 0.6) is 0 Å². The van der Waals surface area contributed by atoms with Crippen LogP contribution in [-0.4, -0.2) is 10.8 Å². The van der Waals surface area contributed by atoms with E-state index in [0.717, 1.165) is 35.4 Å². The second-order valence-corrected chi connectivity index (χ2v) is 6.17. The van der Waals surface area contributed by atoms with Crippen molar-refractivity contribution in [3.8, 4) is 16.8 Å². The van der Waals surface area contributed by atoms with E-state index in [1.807, 2.05) is 30.5 Å². The Hall–Kier alpha value is -2.94. The van der Waals surface area contributed by atoms with Crippen LogP contribution in [0.1, 0.15) is 17.7 Å². The molecular formula is C21H15FN2. The lowest BCUT2D eigenvalue weighted by Crippen LogP contribution is -2.03. The topological polar surface area (TPSA) is 17.3 Å². The summed E-state index contributed by atoms with van der Waals surface area (Å²) < 4.78 is 16.5. The first-order chi connectivity index (χ1) is 11.8. The number of nitrogens with zero attached hydrogens (tertiary/aromatic N) is 2. The number of aliphatic imine (C=N–C) groups is 1. The molecule has 2 nitrogen and oxygen atoms in total. The fraction of sp³-hybridized carbons (Fsp3) is 0.0952. The maximum Gasteiger partial charge on any atom is 0.131 e. The van der Waals surface area contributed by atoms with E-state index in [-0.39, 0.29) is 5.82 Å². The van der Waals surface area contributed by atoms with Gasteiger partial charge in [-0.05, 0) is 36.6 Å². The minimum Gasteiger partial charge on any atom is -0.314 e. The number of fused-ring (bicyclic) bond motifs is 2. The Kier molecular flexibility index (Phi) is 2.83. The first-order valence-corrected chi connectivity index (χ1v) is 8.16. The molecule has 0 bridgehead atoms. The first kappa shape index (κ1) is 13.5. The molecule has 2 aliphatic rings. The van der Waals surface area contributed by atoms with Gasteiger partial charge in [0.15, 0.2) is 0 Å². The van der Waals surface area contributed by atoms with E-state index in [0.29, 0.717) is 5.56 Å². The van der Waals surface area contributed by atoms with Gasteiger partial charge < -0.3 is 4.57 Å². The van der Waals surface area contributed by atoms with E-state index in [1.165, 1.54) is 17.3 Å². The Balaban J connectivity index is 1.83. The molecule has 0 atom stereocenters. The Morgan fingerprint density at radius 3 is 2.75 bits per heavy atom. The fourth-order valence-electron chi connectivity index (χ4n) is 3.69. The van der Waals surface area contributed by atoms with Crippen LogP contribution >= 0.6 is 0 Å². The van der Waals surface area contributed by atoms with Crippen molar-refractivity contribution in [3.63, 3.8) is 0 Å². The van der Waals surface area contributed by atoms with Gasteiger partial charge in [0, 0.05) is 29.1 Å². The molecule has 0 N–H and O–H groups in total. The molecule has 2 heterocycles. The molecule has 0 radical (unpaired) electrons. The Labute approximate surface area is 139 Å². The highest BCUT2D eigenvalue weighted by Crippen LogP contribution is 2.41. The first-order valence-electron chi connectivity index (χ1n) is 8.16. The summed E-state index contributed by atoms with van der Waals surface area (Å²) in [7, 11) is 0. The second kappa shape index (κ2) is 5.03. The third kappa shape index (κ3) is 1.84. The van der Waals surface area contributed by atoms with E-state index in [4.69, 9.17) is 4.99 Å². The number of hydrogen-bond donors (Lipinski definition) is 0. The standard InChI is InChI=1S/C21H15FN2/c22-18-9-2-1-7-16(18)17-8-4-10-19-20(17)23-13-15-6-3-5-14-11-12-24(19)21(14)15/h1-2,4,6-13H,3,5H2. The molecule has 0 fully saturated rings. The molecule has 3 aromatic rings. The van der Waals surface area contributed by atoms with Crippen LogP contribution < -0.4 is 0 Å². The van der Waals surface area contributed by atoms with Crippen LogP contribution in [0, 0.1) is 5.82 Å². The van der Waals surface area contributed by atoms with Crippen molar-refractivity contribution < 1.29 is 4.39 Å². The van der Waals surface area contributed by atoms with Crippen LogP contribution in [-0.2, 0) is 6.42 Å². The van der Waals surface area contributed by atoms with Gasteiger partial charge in [-0.25, -0.2) is 4.39 Å². The monoisotopic (exact) mass is 314 g/mol. The van der Waals surface area contributed by atoms with Crippen LogP contribution in [0.3, 0.4) is 0 Å². The highest BCUT2D eigenvalue weighted by molar-refractivity contribution is 6.13. The van der Waals surface area contributed by atoms with Gasteiger partial charge in [0.25, 0.3) is 0 Å². The summed E-state index contributed by atoms with van der Waals surface area (Å²) >= 11 is 0. The summed E-state index contributed by atoms with van der Waals surface area (Å²) in [5.41, 5.74) is 6.94. The minimum absolute atomic E-state index is 0.223. The zero-order chi connectivity index (χ0) is 16.1. The number of aryl methyl sites for hydroxylation is 1. The maximum absolute atomic E-state index is 14.3. The predicted molar refractivity (Wildman–Crippen MR) is 95.6 cm³/mol. The van der Waals surface area contributed by atoms with E-state index >= 15 is 0 Å². The van der Waals surface area contributed by atoms with Gasteiger partial charge in [-0.15, -0.1) is 0 Å². The summed E-state index contributed by atoms with van der Waals surface area (Å²) in [5, 5.41) is 0. The average Bonchev–Trinajstić information content (AvgIpc) is 2.97. The molecule has 1 aliphatic carbocycles. The molecule has 5 rings (SSSR count). The van der Waals surface area contributed by atoms with Crippen LogP contribution in [0.2, 0.25) is 0 Å². The minimum atomic E-state index is -0.223. The molecule has 0 amide bonds. The second-order valence-electron chi connectivity index (χ2n) is 6.17. The number of benzene rings is 2. The lowest BCUT2D eigenvalue weighted by molar-refractivity contribution is 0.631. The predicted octanol–water partition coefficient (Wildman–Crippen LogP) is 5.33. The van der Waals surface area contributed by atoms with Crippen molar-refractivity contribution in [1.82, 2.24) is 4.57 Å². The summed E-state index contributed by atoms with van der Waals surface area (Å²) in [6.45, 7) is 0. The molecule has 1 aliphatic heterocycles. The summed E-state index contributed by atoms with van der Waals surface area (Å²) in [6.07, 6.45) is 8.35. The van der Waals surface area contributed by atoms with Gasteiger partial charge in [0.2, 0.25) is 0 Å². The number of aromatic nitrogens is 1.